The van der Waals surface area contributed by atoms with Gasteiger partial charge < -0.3 is 0 Å². The molecule has 0 aliphatic heterocycles. The van der Waals surface area contributed by atoms with Crippen LogP contribution in [0.5, 0.6) is 0 Å². The highest BCUT2D eigenvalue weighted by molar-refractivity contribution is 9.10. The molecule has 86 valence electrons. The number of Topliss-reactive ketones (excluding diaryl/α,β-unsaturated/α-hetero) is 2. The second-order valence-electron chi connectivity index (χ2n) is 3.52. The van der Waals surface area contributed by atoms with E-state index in [1.54, 1.807) is 0 Å². The zero-order valence-electron chi connectivity index (χ0n) is 8.93. The molecule has 0 aromatic heterocycles. The van der Waals surface area contributed by atoms with Gasteiger partial charge >= 0.3 is 0 Å². The van der Waals surface area contributed by atoms with E-state index < -0.39 is 5.82 Å². The van der Waals surface area contributed by atoms with Crippen LogP contribution < -0.4 is 0 Å². The molecule has 1 aromatic rings. The molecule has 4 heteroatoms. The molecule has 16 heavy (non-hydrogen) atoms. The molecule has 0 bridgehead atoms. The molecule has 0 aliphatic rings. The van der Waals surface area contributed by atoms with Crippen LogP contribution in [-0.4, -0.2) is 11.6 Å². The van der Waals surface area contributed by atoms with Crippen LogP contribution in [0.2, 0.25) is 0 Å². The lowest BCUT2D eigenvalue weighted by Gasteiger charge is -2.01. The predicted molar refractivity (Wildman–Crippen MR) is 63.0 cm³/mol. The van der Waals surface area contributed by atoms with Gasteiger partial charge in [0.1, 0.15) is 11.6 Å². The standard InChI is InChI=1S/C12H12BrFO2/c1-2-3-9(15)7-12(16)8-4-5-11(14)10(13)6-8/h4-6H,2-3,7H2,1H3. The van der Waals surface area contributed by atoms with Gasteiger partial charge in [-0.05, 0) is 40.5 Å². The molecule has 1 rings (SSSR count). The van der Waals surface area contributed by atoms with Gasteiger partial charge in [-0.2, -0.15) is 0 Å². The minimum atomic E-state index is -0.420. The van der Waals surface area contributed by atoms with Crippen molar-refractivity contribution in [3.8, 4) is 0 Å². The minimum absolute atomic E-state index is 0.0760. The highest BCUT2D eigenvalue weighted by Gasteiger charge is 2.12. The first-order valence-electron chi connectivity index (χ1n) is 5.04. The summed E-state index contributed by atoms with van der Waals surface area (Å²) >= 11 is 3.00. The molecule has 0 N–H and O–H groups in total. The molecule has 0 saturated heterocycles. The summed E-state index contributed by atoms with van der Waals surface area (Å²) in [6, 6.07) is 4.00. The van der Waals surface area contributed by atoms with Crippen molar-refractivity contribution in [1.82, 2.24) is 0 Å². The second kappa shape index (κ2) is 5.89. The summed E-state index contributed by atoms with van der Waals surface area (Å²) in [6.45, 7) is 1.89. The molecule has 0 fully saturated rings. The van der Waals surface area contributed by atoms with Crippen molar-refractivity contribution in [2.24, 2.45) is 0 Å². The monoisotopic (exact) mass is 286 g/mol. The Labute approximate surface area is 102 Å². The first kappa shape index (κ1) is 13.0. The maximum Gasteiger partial charge on any atom is 0.170 e. The van der Waals surface area contributed by atoms with E-state index in [1.807, 2.05) is 6.92 Å². The summed E-state index contributed by atoms with van der Waals surface area (Å²) in [5, 5.41) is 0. The summed E-state index contributed by atoms with van der Waals surface area (Å²) in [5.74, 6) is -0.761. The number of benzene rings is 1. The van der Waals surface area contributed by atoms with Crippen molar-refractivity contribution in [2.75, 3.05) is 0 Å². The largest absolute Gasteiger partial charge is 0.299 e. The lowest BCUT2D eigenvalue weighted by atomic mass is 10.0. The topological polar surface area (TPSA) is 34.1 Å². The van der Waals surface area contributed by atoms with E-state index >= 15 is 0 Å². The number of hydrogen-bond acceptors (Lipinski definition) is 2. The van der Waals surface area contributed by atoms with Crippen LogP contribution in [0, 0.1) is 5.82 Å². The Morgan fingerprint density at radius 1 is 1.38 bits per heavy atom. The van der Waals surface area contributed by atoms with Gasteiger partial charge in [-0.1, -0.05) is 6.92 Å². The zero-order valence-corrected chi connectivity index (χ0v) is 10.5. The number of halogens is 2. The van der Waals surface area contributed by atoms with Crippen LogP contribution >= 0.6 is 15.9 Å². The number of carbonyl (C=O) groups excluding carboxylic acids is 2. The molecule has 0 aliphatic carbocycles. The zero-order chi connectivity index (χ0) is 12.1. The summed E-state index contributed by atoms with van der Waals surface area (Å²) in [5.41, 5.74) is 0.359. The number of rotatable bonds is 5. The third-order valence-electron chi connectivity index (χ3n) is 2.13. The van der Waals surface area contributed by atoms with E-state index in [1.165, 1.54) is 18.2 Å². The van der Waals surface area contributed by atoms with Crippen LogP contribution in [0.1, 0.15) is 36.5 Å². The maximum atomic E-state index is 12.9. The average molecular weight is 287 g/mol. The fraction of sp³-hybridized carbons (Fsp3) is 0.333. The molecule has 0 heterocycles. The van der Waals surface area contributed by atoms with Crippen molar-refractivity contribution in [3.63, 3.8) is 0 Å². The second-order valence-corrected chi connectivity index (χ2v) is 4.37. The molecular formula is C12H12BrFO2. The average Bonchev–Trinajstić information content (AvgIpc) is 2.22. The molecule has 2 nitrogen and oxygen atoms in total. The smallest absolute Gasteiger partial charge is 0.170 e. The lowest BCUT2D eigenvalue weighted by molar-refractivity contribution is -0.118. The van der Waals surface area contributed by atoms with Crippen molar-refractivity contribution in [1.29, 1.82) is 0 Å². The van der Waals surface area contributed by atoms with Gasteiger partial charge in [0.2, 0.25) is 0 Å². The quantitative estimate of drug-likeness (QED) is 0.613. The number of carbonyl (C=O) groups is 2. The van der Waals surface area contributed by atoms with Gasteiger partial charge in [-0.3, -0.25) is 9.59 Å². The third-order valence-corrected chi connectivity index (χ3v) is 2.74. The van der Waals surface area contributed by atoms with Gasteiger partial charge in [0, 0.05) is 12.0 Å². The third kappa shape index (κ3) is 3.52. The molecule has 1 aromatic carbocycles. The van der Waals surface area contributed by atoms with Crippen LogP contribution in [0.25, 0.3) is 0 Å². The van der Waals surface area contributed by atoms with E-state index in [0.29, 0.717) is 12.0 Å². The van der Waals surface area contributed by atoms with Gasteiger partial charge in [-0.15, -0.1) is 0 Å². The summed E-state index contributed by atoms with van der Waals surface area (Å²) in [7, 11) is 0. The van der Waals surface area contributed by atoms with Crippen LogP contribution in [-0.2, 0) is 4.79 Å². The van der Waals surface area contributed by atoms with Crippen molar-refractivity contribution in [2.45, 2.75) is 26.2 Å². The Kier molecular flexibility index (Phi) is 4.80. The van der Waals surface area contributed by atoms with Crippen molar-refractivity contribution in [3.05, 3.63) is 34.1 Å². The van der Waals surface area contributed by atoms with E-state index in [9.17, 15) is 14.0 Å². The van der Waals surface area contributed by atoms with Crippen molar-refractivity contribution >= 4 is 27.5 Å². The Bertz CT molecular complexity index is 415. The summed E-state index contributed by atoms with van der Waals surface area (Å²) in [4.78, 5) is 22.9. The highest BCUT2D eigenvalue weighted by Crippen LogP contribution is 2.18. The Morgan fingerprint density at radius 3 is 2.62 bits per heavy atom. The molecule has 0 radical (unpaired) electrons. The fourth-order valence-electron chi connectivity index (χ4n) is 1.32. The highest BCUT2D eigenvalue weighted by atomic mass is 79.9. The van der Waals surface area contributed by atoms with Crippen LogP contribution in [0.15, 0.2) is 22.7 Å². The maximum absolute atomic E-state index is 12.9. The number of ketones is 2. The molecule has 0 spiro atoms. The molecule has 0 amide bonds. The van der Waals surface area contributed by atoms with Crippen LogP contribution in [0.3, 0.4) is 0 Å². The SMILES string of the molecule is CCCC(=O)CC(=O)c1ccc(F)c(Br)c1. The van der Waals surface area contributed by atoms with E-state index in [0.717, 1.165) is 6.42 Å². The molecule has 0 saturated carbocycles. The first-order valence-corrected chi connectivity index (χ1v) is 5.84. The van der Waals surface area contributed by atoms with Crippen molar-refractivity contribution < 1.29 is 14.0 Å². The van der Waals surface area contributed by atoms with Gasteiger partial charge in [-0.25, -0.2) is 4.39 Å². The van der Waals surface area contributed by atoms with E-state index in [2.05, 4.69) is 15.9 Å². The fourth-order valence-corrected chi connectivity index (χ4v) is 1.70. The van der Waals surface area contributed by atoms with Gasteiger partial charge in [0.05, 0.1) is 10.9 Å². The summed E-state index contributed by atoms with van der Waals surface area (Å²) < 4.78 is 13.2. The van der Waals surface area contributed by atoms with E-state index in [4.69, 9.17) is 0 Å². The Balaban J connectivity index is 2.73. The van der Waals surface area contributed by atoms with E-state index in [-0.39, 0.29) is 22.5 Å². The van der Waals surface area contributed by atoms with Crippen LogP contribution in [0.4, 0.5) is 4.39 Å². The Morgan fingerprint density at radius 2 is 2.06 bits per heavy atom. The molecular weight excluding hydrogens is 275 g/mol. The minimum Gasteiger partial charge on any atom is -0.299 e. The molecule has 0 unspecified atom stereocenters. The summed E-state index contributed by atoms with van der Waals surface area (Å²) in [6.07, 6.45) is 1.04. The lowest BCUT2D eigenvalue weighted by Crippen LogP contribution is -2.07. The molecule has 0 atom stereocenters. The Hall–Kier alpha value is -1.03. The van der Waals surface area contributed by atoms with Gasteiger partial charge in [0.25, 0.3) is 0 Å². The number of hydrogen-bond donors (Lipinski definition) is 0. The predicted octanol–water partition coefficient (Wildman–Crippen LogP) is 3.53. The van der Waals surface area contributed by atoms with Gasteiger partial charge in [0.15, 0.2) is 5.78 Å². The first-order chi connectivity index (χ1) is 7.54. The normalized spacial score (nSPS) is 10.2.